The molecule has 0 aliphatic carbocycles. The maximum atomic E-state index is 14.0. The molecule has 4 aromatic rings. The van der Waals surface area contributed by atoms with Crippen LogP contribution in [0, 0.1) is 15.9 Å². The number of nitro benzene ring substituents is 1. The van der Waals surface area contributed by atoms with Crippen LogP contribution in [0.1, 0.15) is 23.9 Å². The summed E-state index contributed by atoms with van der Waals surface area (Å²) in [6.45, 7) is 1.62. The first-order valence-electron chi connectivity index (χ1n) is 10.3. The predicted octanol–water partition coefficient (Wildman–Crippen LogP) is 5.23. The van der Waals surface area contributed by atoms with E-state index >= 15 is 0 Å². The maximum absolute atomic E-state index is 14.0. The highest BCUT2D eigenvalue weighted by Gasteiger charge is 2.19. The van der Waals surface area contributed by atoms with Crippen molar-refractivity contribution in [3.05, 3.63) is 108 Å². The number of fused-ring (bicyclic) bond motifs is 1. The number of benzene rings is 3. The van der Waals surface area contributed by atoms with Gasteiger partial charge < -0.3 is 4.74 Å². The van der Waals surface area contributed by atoms with E-state index in [2.05, 4.69) is 26.0 Å². The van der Waals surface area contributed by atoms with Crippen molar-refractivity contribution >= 4 is 38.7 Å². The Morgan fingerprint density at radius 3 is 2.74 bits per heavy atom. The van der Waals surface area contributed by atoms with Crippen LogP contribution in [0.3, 0.4) is 0 Å². The van der Waals surface area contributed by atoms with E-state index in [-0.39, 0.29) is 34.7 Å². The minimum atomic E-state index is -0.591. The Hall–Kier alpha value is -3.92. The van der Waals surface area contributed by atoms with Crippen molar-refractivity contribution in [1.29, 1.82) is 0 Å². The van der Waals surface area contributed by atoms with Crippen LogP contribution in [0.15, 0.2) is 75.0 Å². The Kier molecular flexibility index (Phi) is 6.78. The van der Waals surface area contributed by atoms with Crippen LogP contribution in [-0.4, -0.2) is 20.8 Å². The van der Waals surface area contributed by atoms with Crippen molar-refractivity contribution in [2.75, 3.05) is 0 Å². The summed E-state index contributed by atoms with van der Waals surface area (Å²) in [5, 5.41) is 16.3. The van der Waals surface area contributed by atoms with E-state index in [0.29, 0.717) is 23.1 Å². The third kappa shape index (κ3) is 4.72. The van der Waals surface area contributed by atoms with Crippen LogP contribution in [-0.2, 0) is 13.0 Å². The molecule has 172 valence electrons. The molecule has 0 spiro atoms. The van der Waals surface area contributed by atoms with Gasteiger partial charge in [0.2, 0.25) is 5.75 Å². The first-order chi connectivity index (χ1) is 16.4. The Bertz CT molecular complexity index is 1490. The van der Waals surface area contributed by atoms with Gasteiger partial charge in [0.25, 0.3) is 5.56 Å². The Morgan fingerprint density at radius 1 is 1.21 bits per heavy atom. The van der Waals surface area contributed by atoms with Gasteiger partial charge in [-0.1, -0.05) is 47.1 Å². The van der Waals surface area contributed by atoms with Gasteiger partial charge >= 0.3 is 5.69 Å². The lowest BCUT2D eigenvalue weighted by molar-refractivity contribution is -0.386. The first-order valence-corrected chi connectivity index (χ1v) is 11.1. The molecule has 4 rings (SSSR count). The standard InChI is InChI=1S/C24H18BrFN4O4/c1-2-22-28-20-11-10-17(25)12-18(20)24(31)29(22)27-13-15-7-5-9-21(30(32)33)23(15)34-14-16-6-3-4-8-19(16)26/h3-13H,2,14H2,1H3. The molecule has 0 radical (unpaired) electrons. The number of hydrogen-bond donors (Lipinski definition) is 0. The van der Waals surface area contributed by atoms with Crippen molar-refractivity contribution in [2.45, 2.75) is 20.0 Å². The molecule has 0 N–H and O–H groups in total. The summed E-state index contributed by atoms with van der Waals surface area (Å²) < 4.78 is 21.6. The molecule has 0 bridgehead atoms. The predicted molar refractivity (Wildman–Crippen MR) is 130 cm³/mol. The lowest BCUT2D eigenvalue weighted by Gasteiger charge is -2.11. The van der Waals surface area contributed by atoms with E-state index in [0.717, 1.165) is 9.15 Å². The minimum absolute atomic E-state index is 0.0814. The molecule has 10 heteroatoms. The number of nitro groups is 1. The summed E-state index contributed by atoms with van der Waals surface area (Å²) in [5.74, 6) is -0.138. The fourth-order valence-electron chi connectivity index (χ4n) is 3.37. The summed E-state index contributed by atoms with van der Waals surface area (Å²) in [4.78, 5) is 28.6. The number of para-hydroxylation sites is 1. The SMILES string of the molecule is CCc1nc2ccc(Br)cc2c(=O)n1N=Cc1cccc([N+](=O)[O-])c1OCc1ccccc1F. The molecule has 34 heavy (non-hydrogen) atoms. The second-order valence-electron chi connectivity index (χ2n) is 7.24. The maximum Gasteiger partial charge on any atom is 0.311 e. The van der Waals surface area contributed by atoms with Crippen molar-refractivity contribution in [2.24, 2.45) is 5.10 Å². The normalized spacial score (nSPS) is 11.3. The van der Waals surface area contributed by atoms with Crippen LogP contribution < -0.4 is 10.3 Å². The van der Waals surface area contributed by atoms with Gasteiger partial charge in [-0.25, -0.2) is 9.37 Å². The van der Waals surface area contributed by atoms with Crippen LogP contribution >= 0.6 is 15.9 Å². The zero-order valence-corrected chi connectivity index (χ0v) is 19.5. The molecular weight excluding hydrogens is 507 g/mol. The smallest absolute Gasteiger partial charge is 0.311 e. The zero-order chi connectivity index (χ0) is 24.2. The van der Waals surface area contributed by atoms with E-state index in [4.69, 9.17) is 4.74 Å². The second-order valence-corrected chi connectivity index (χ2v) is 8.15. The molecule has 0 aliphatic rings. The Morgan fingerprint density at radius 2 is 2.00 bits per heavy atom. The number of halogens is 2. The van der Waals surface area contributed by atoms with Crippen LogP contribution in [0.2, 0.25) is 0 Å². The van der Waals surface area contributed by atoms with Gasteiger partial charge in [0.1, 0.15) is 18.2 Å². The van der Waals surface area contributed by atoms with E-state index in [1.807, 2.05) is 6.92 Å². The molecule has 3 aromatic carbocycles. The van der Waals surface area contributed by atoms with Gasteiger partial charge in [0.15, 0.2) is 0 Å². The van der Waals surface area contributed by atoms with Crippen LogP contribution in [0.4, 0.5) is 10.1 Å². The van der Waals surface area contributed by atoms with E-state index in [9.17, 15) is 19.3 Å². The number of hydrogen-bond acceptors (Lipinski definition) is 6. The van der Waals surface area contributed by atoms with Crippen molar-refractivity contribution in [1.82, 2.24) is 9.66 Å². The fourth-order valence-corrected chi connectivity index (χ4v) is 3.73. The number of nitrogens with zero attached hydrogens (tertiary/aromatic N) is 4. The molecule has 0 saturated heterocycles. The average molecular weight is 525 g/mol. The van der Waals surface area contributed by atoms with Crippen LogP contribution in [0.25, 0.3) is 10.9 Å². The van der Waals surface area contributed by atoms with E-state index in [1.165, 1.54) is 30.5 Å². The van der Waals surface area contributed by atoms with Gasteiger partial charge in [0.05, 0.1) is 22.0 Å². The molecule has 0 fully saturated rings. The highest BCUT2D eigenvalue weighted by Crippen LogP contribution is 2.31. The Balaban J connectivity index is 1.78. The lowest BCUT2D eigenvalue weighted by atomic mass is 10.2. The first kappa shape index (κ1) is 23.2. The topological polar surface area (TPSA) is 99.6 Å². The second kappa shape index (κ2) is 9.92. The summed E-state index contributed by atoms with van der Waals surface area (Å²) in [6, 6.07) is 15.5. The summed E-state index contributed by atoms with van der Waals surface area (Å²) in [6.07, 6.45) is 1.74. The molecule has 8 nitrogen and oxygen atoms in total. The molecule has 1 heterocycles. The van der Waals surface area contributed by atoms with Gasteiger partial charge in [-0.05, 0) is 30.3 Å². The van der Waals surface area contributed by atoms with Crippen LogP contribution in [0.5, 0.6) is 5.75 Å². The molecule has 0 saturated carbocycles. The third-order valence-corrected chi connectivity index (χ3v) is 5.55. The van der Waals surface area contributed by atoms with Crippen molar-refractivity contribution in [3.63, 3.8) is 0 Å². The van der Waals surface area contributed by atoms with E-state index in [1.54, 1.807) is 36.4 Å². The summed E-state index contributed by atoms with van der Waals surface area (Å²) in [7, 11) is 0. The third-order valence-electron chi connectivity index (χ3n) is 5.06. The highest BCUT2D eigenvalue weighted by molar-refractivity contribution is 9.10. The number of ether oxygens (including phenoxy) is 1. The molecular formula is C24H18BrFN4O4. The monoisotopic (exact) mass is 524 g/mol. The lowest BCUT2D eigenvalue weighted by Crippen LogP contribution is -2.22. The Labute approximate surface area is 201 Å². The van der Waals surface area contributed by atoms with Gasteiger partial charge in [-0.3, -0.25) is 14.9 Å². The number of aryl methyl sites for hydroxylation is 1. The zero-order valence-electron chi connectivity index (χ0n) is 17.9. The van der Waals surface area contributed by atoms with Crippen molar-refractivity contribution in [3.8, 4) is 5.75 Å². The molecule has 0 amide bonds. The molecule has 1 aromatic heterocycles. The largest absolute Gasteiger partial charge is 0.481 e. The van der Waals surface area contributed by atoms with Gasteiger partial charge in [0, 0.05) is 28.1 Å². The number of aromatic nitrogens is 2. The summed E-state index contributed by atoms with van der Waals surface area (Å²) in [5.41, 5.74) is 0.370. The quantitative estimate of drug-likeness (QED) is 0.187. The molecule has 0 atom stereocenters. The molecule has 0 unspecified atom stereocenters. The fraction of sp³-hybridized carbons (Fsp3) is 0.125. The van der Waals surface area contributed by atoms with Crippen molar-refractivity contribution < 1.29 is 14.1 Å². The highest BCUT2D eigenvalue weighted by atomic mass is 79.9. The van der Waals surface area contributed by atoms with E-state index < -0.39 is 10.7 Å². The minimum Gasteiger partial charge on any atom is -0.481 e. The molecule has 0 aliphatic heterocycles. The van der Waals surface area contributed by atoms with Gasteiger partial charge in [-0.15, -0.1) is 0 Å². The van der Waals surface area contributed by atoms with Gasteiger partial charge in [-0.2, -0.15) is 9.78 Å². The average Bonchev–Trinajstić information content (AvgIpc) is 2.83. The number of rotatable bonds is 7. The summed E-state index contributed by atoms with van der Waals surface area (Å²) >= 11 is 3.35.